The summed E-state index contributed by atoms with van der Waals surface area (Å²) in [6.07, 6.45) is 4.46. The van der Waals surface area contributed by atoms with E-state index in [0.29, 0.717) is 31.7 Å². The van der Waals surface area contributed by atoms with Crippen LogP contribution in [-0.2, 0) is 16.8 Å². The monoisotopic (exact) mass is 323 g/mol. The maximum absolute atomic E-state index is 13.1. The number of nitrogens with zero attached hydrogens (tertiary/aromatic N) is 2. The summed E-state index contributed by atoms with van der Waals surface area (Å²) in [7, 11) is 0. The SMILES string of the molecule is O=C1N[C@@]2(CCOc3ccccc32)C(=O)N1CCc1ccncc1. The molecule has 0 aliphatic carbocycles. The van der Waals surface area contributed by atoms with Crippen LogP contribution in [0.1, 0.15) is 17.5 Å². The Morgan fingerprint density at radius 3 is 2.79 bits per heavy atom. The van der Waals surface area contributed by atoms with Crippen molar-refractivity contribution in [2.75, 3.05) is 13.2 Å². The zero-order chi connectivity index (χ0) is 16.6. The Labute approximate surface area is 139 Å². The number of rotatable bonds is 3. The molecule has 3 heterocycles. The molecule has 1 saturated heterocycles. The molecule has 1 atom stereocenters. The average Bonchev–Trinajstić information content (AvgIpc) is 2.85. The van der Waals surface area contributed by atoms with Crippen molar-refractivity contribution < 1.29 is 14.3 Å². The third kappa shape index (κ3) is 2.22. The van der Waals surface area contributed by atoms with Crippen molar-refractivity contribution in [3.05, 3.63) is 59.9 Å². The lowest BCUT2D eigenvalue weighted by atomic mass is 9.84. The quantitative estimate of drug-likeness (QED) is 0.875. The van der Waals surface area contributed by atoms with Crippen LogP contribution in [0, 0.1) is 0 Å². The topological polar surface area (TPSA) is 71.5 Å². The number of imide groups is 1. The maximum Gasteiger partial charge on any atom is 0.325 e. The first-order chi connectivity index (χ1) is 11.7. The number of hydrogen-bond acceptors (Lipinski definition) is 4. The molecule has 0 saturated carbocycles. The Morgan fingerprint density at radius 1 is 1.17 bits per heavy atom. The number of fused-ring (bicyclic) bond motifs is 2. The second kappa shape index (κ2) is 5.63. The molecule has 4 rings (SSSR count). The number of para-hydroxylation sites is 1. The molecule has 2 aromatic rings. The number of urea groups is 1. The van der Waals surface area contributed by atoms with Crippen molar-refractivity contribution in [2.24, 2.45) is 0 Å². The zero-order valence-corrected chi connectivity index (χ0v) is 13.1. The fourth-order valence-corrected chi connectivity index (χ4v) is 3.37. The third-order valence-electron chi connectivity index (χ3n) is 4.63. The first-order valence-corrected chi connectivity index (χ1v) is 7.96. The molecule has 1 N–H and O–H groups in total. The standard InChI is InChI=1S/C18H17N3O3/c22-16-18(8-12-24-15-4-2-1-3-14(15)18)20-17(23)21(16)11-7-13-5-9-19-10-6-13/h1-6,9-10H,7-8,11-12H2,(H,20,23)/t18-/m1/s1. The fourth-order valence-electron chi connectivity index (χ4n) is 3.37. The lowest BCUT2D eigenvalue weighted by molar-refractivity contribution is -0.132. The van der Waals surface area contributed by atoms with Crippen LogP contribution < -0.4 is 10.1 Å². The van der Waals surface area contributed by atoms with Gasteiger partial charge in [0.15, 0.2) is 5.54 Å². The molecule has 6 heteroatoms. The Kier molecular flexibility index (Phi) is 3.45. The summed E-state index contributed by atoms with van der Waals surface area (Å²) in [5, 5.41) is 2.91. The van der Waals surface area contributed by atoms with Gasteiger partial charge in [-0.2, -0.15) is 0 Å². The fraction of sp³-hybridized carbons (Fsp3) is 0.278. The van der Waals surface area contributed by atoms with Crippen molar-refractivity contribution in [3.63, 3.8) is 0 Å². The molecule has 24 heavy (non-hydrogen) atoms. The molecule has 0 radical (unpaired) electrons. The second-order valence-electron chi connectivity index (χ2n) is 5.99. The molecule has 1 spiro atoms. The van der Waals surface area contributed by atoms with Crippen LogP contribution in [0.25, 0.3) is 0 Å². The van der Waals surface area contributed by atoms with Crippen molar-refractivity contribution in [1.29, 1.82) is 0 Å². The highest BCUT2D eigenvalue weighted by molar-refractivity contribution is 6.08. The van der Waals surface area contributed by atoms with E-state index in [0.717, 1.165) is 11.1 Å². The van der Waals surface area contributed by atoms with Crippen LogP contribution in [0.5, 0.6) is 5.75 Å². The Hall–Kier alpha value is -2.89. The van der Waals surface area contributed by atoms with Gasteiger partial charge in [0.05, 0.1) is 6.61 Å². The molecule has 0 unspecified atom stereocenters. The number of amides is 3. The molecule has 3 amide bonds. The minimum atomic E-state index is -0.996. The number of hydrogen-bond donors (Lipinski definition) is 1. The number of pyridine rings is 1. The molecule has 122 valence electrons. The molecule has 1 fully saturated rings. The van der Waals surface area contributed by atoms with Gasteiger partial charge in [-0.05, 0) is 30.2 Å². The van der Waals surface area contributed by atoms with Crippen LogP contribution >= 0.6 is 0 Å². The first kappa shape index (κ1) is 14.7. The molecule has 0 bridgehead atoms. The summed E-state index contributed by atoms with van der Waals surface area (Å²) >= 11 is 0. The summed E-state index contributed by atoms with van der Waals surface area (Å²) in [5.74, 6) is 0.464. The molecule has 1 aromatic carbocycles. The first-order valence-electron chi connectivity index (χ1n) is 7.96. The highest BCUT2D eigenvalue weighted by atomic mass is 16.5. The van der Waals surface area contributed by atoms with Crippen molar-refractivity contribution in [1.82, 2.24) is 15.2 Å². The van der Waals surface area contributed by atoms with Gasteiger partial charge in [0.2, 0.25) is 0 Å². The number of carbonyl (C=O) groups is 2. The van der Waals surface area contributed by atoms with E-state index >= 15 is 0 Å². The molecule has 2 aliphatic heterocycles. The third-order valence-corrected chi connectivity index (χ3v) is 4.63. The van der Waals surface area contributed by atoms with Gasteiger partial charge in [-0.25, -0.2) is 4.79 Å². The molecular weight excluding hydrogens is 306 g/mol. The summed E-state index contributed by atoms with van der Waals surface area (Å²) in [4.78, 5) is 30.8. The largest absolute Gasteiger partial charge is 0.493 e. The van der Waals surface area contributed by atoms with Gasteiger partial charge < -0.3 is 10.1 Å². The predicted molar refractivity (Wildman–Crippen MR) is 86.4 cm³/mol. The normalized spacial score (nSPS) is 22.2. The number of aromatic nitrogens is 1. The van der Waals surface area contributed by atoms with E-state index in [9.17, 15) is 9.59 Å². The van der Waals surface area contributed by atoms with Gasteiger partial charge >= 0.3 is 6.03 Å². The van der Waals surface area contributed by atoms with Crippen LogP contribution in [0.2, 0.25) is 0 Å². The van der Waals surface area contributed by atoms with E-state index in [-0.39, 0.29) is 11.9 Å². The summed E-state index contributed by atoms with van der Waals surface area (Å²) in [6.45, 7) is 0.751. The predicted octanol–water partition coefficient (Wildman–Crippen LogP) is 1.85. The van der Waals surface area contributed by atoms with E-state index in [1.54, 1.807) is 12.4 Å². The van der Waals surface area contributed by atoms with Gasteiger partial charge in [-0.1, -0.05) is 18.2 Å². The Balaban J connectivity index is 1.60. The number of ether oxygens (including phenoxy) is 1. The number of carbonyl (C=O) groups excluding carboxylic acids is 2. The van der Waals surface area contributed by atoms with Gasteiger partial charge in [-0.3, -0.25) is 14.7 Å². The van der Waals surface area contributed by atoms with Gasteiger partial charge in [0.1, 0.15) is 5.75 Å². The van der Waals surface area contributed by atoms with Crippen molar-refractivity contribution in [3.8, 4) is 5.75 Å². The van der Waals surface area contributed by atoms with Crippen LogP contribution in [0.3, 0.4) is 0 Å². The van der Waals surface area contributed by atoms with Gasteiger partial charge in [-0.15, -0.1) is 0 Å². The van der Waals surface area contributed by atoms with Crippen molar-refractivity contribution >= 4 is 11.9 Å². The summed E-state index contributed by atoms with van der Waals surface area (Å²) in [6, 6.07) is 10.8. The smallest absolute Gasteiger partial charge is 0.325 e. The van der Waals surface area contributed by atoms with Gasteiger partial charge in [0, 0.05) is 30.9 Å². The minimum absolute atomic E-state index is 0.197. The van der Waals surface area contributed by atoms with Crippen LogP contribution in [-0.4, -0.2) is 35.0 Å². The van der Waals surface area contributed by atoms with E-state index in [2.05, 4.69) is 10.3 Å². The molecule has 6 nitrogen and oxygen atoms in total. The molecule has 2 aliphatic rings. The highest BCUT2D eigenvalue weighted by Crippen LogP contribution is 2.40. The minimum Gasteiger partial charge on any atom is -0.493 e. The number of nitrogens with one attached hydrogen (secondary N) is 1. The van der Waals surface area contributed by atoms with Crippen LogP contribution in [0.15, 0.2) is 48.8 Å². The van der Waals surface area contributed by atoms with Crippen molar-refractivity contribution in [2.45, 2.75) is 18.4 Å². The zero-order valence-electron chi connectivity index (χ0n) is 13.1. The van der Waals surface area contributed by atoms with Crippen LogP contribution in [0.4, 0.5) is 4.79 Å². The van der Waals surface area contributed by atoms with E-state index in [4.69, 9.17) is 4.74 Å². The summed E-state index contributed by atoms with van der Waals surface area (Å²) < 4.78 is 5.63. The van der Waals surface area contributed by atoms with E-state index in [1.165, 1.54) is 4.90 Å². The lowest BCUT2D eigenvalue weighted by Gasteiger charge is -2.33. The lowest BCUT2D eigenvalue weighted by Crippen LogP contribution is -2.47. The highest BCUT2D eigenvalue weighted by Gasteiger charge is 2.54. The second-order valence-corrected chi connectivity index (χ2v) is 5.99. The molecule has 1 aromatic heterocycles. The Morgan fingerprint density at radius 2 is 1.96 bits per heavy atom. The van der Waals surface area contributed by atoms with E-state index in [1.807, 2.05) is 36.4 Å². The van der Waals surface area contributed by atoms with E-state index < -0.39 is 5.54 Å². The maximum atomic E-state index is 13.1. The van der Waals surface area contributed by atoms with Gasteiger partial charge in [0.25, 0.3) is 5.91 Å². The number of benzene rings is 1. The molecular formula is C18H17N3O3. The average molecular weight is 323 g/mol. The summed E-state index contributed by atoms with van der Waals surface area (Å²) in [5.41, 5.74) is 0.782. The Bertz CT molecular complexity index is 793.